The number of carbonyl (C=O) groups is 1. The number of rotatable bonds is 4. The van der Waals surface area contributed by atoms with Gasteiger partial charge in [0.15, 0.2) is 0 Å². The van der Waals surface area contributed by atoms with Gasteiger partial charge in [-0.25, -0.2) is 4.79 Å². The smallest absolute Gasteiger partial charge is 0.354 e. The highest BCUT2D eigenvalue weighted by molar-refractivity contribution is 5.87. The Morgan fingerprint density at radius 2 is 2.09 bits per heavy atom. The maximum Gasteiger partial charge on any atom is 0.354 e. The van der Waals surface area contributed by atoms with Gasteiger partial charge in [-0.3, -0.25) is 9.80 Å². The number of nitrogens with zero attached hydrogens (tertiary/aromatic N) is 2. The number of nitrogens with one attached hydrogen (secondary N) is 2. The molecule has 0 amide bonds. The fourth-order valence-corrected chi connectivity index (χ4v) is 3.30. The second-order valence-corrected chi connectivity index (χ2v) is 5.85. The van der Waals surface area contributed by atoms with Crippen LogP contribution in [0.2, 0.25) is 0 Å². The highest BCUT2D eigenvalue weighted by Gasteiger charge is 2.28. The van der Waals surface area contributed by atoms with Crippen molar-refractivity contribution < 1.29 is 9.53 Å². The van der Waals surface area contributed by atoms with Crippen LogP contribution in [0.15, 0.2) is 12.1 Å². The van der Waals surface area contributed by atoms with Crippen molar-refractivity contribution in [3.8, 4) is 0 Å². The summed E-state index contributed by atoms with van der Waals surface area (Å²) >= 11 is 0. The third-order valence-electron chi connectivity index (χ3n) is 4.46. The van der Waals surface area contributed by atoms with Crippen LogP contribution in [0.4, 0.5) is 0 Å². The van der Waals surface area contributed by atoms with Crippen LogP contribution < -0.4 is 5.32 Å². The molecule has 124 valence electrons. The van der Waals surface area contributed by atoms with Gasteiger partial charge in [0, 0.05) is 57.5 Å². The summed E-state index contributed by atoms with van der Waals surface area (Å²) in [5.74, 6) is -0.304. The molecular weight excluding hydrogens is 304 g/mol. The van der Waals surface area contributed by atoms with Gasteiger partial charge in [0.25, 0.3) is 0 Å². The first-order chi connectivity index (χ1) is 10.3. The SMILES string of the molecule is COC(=O)c1ccc(CN2CCC(N3CCNCC3)C2)[nH]1.Cl. The minimum absolute atomic E-state index is 0. The molecule has 7 heteroatoms. The molecule has 22 heavy (non-hydrogen) atoms. The molecule has 0 saturated carbocycles. The average Bonchev–Trinajstić information content (AvgIpc) is 3.17. The number of piperazine rings is 1. The fourth-order valence-electron chi connectivity index (χ4n) is 3.30. The zero-order valence-corrected chi connectivity index (χ0v) is 13.8. The third kappa shape index (κ3) is 4.01. The van der Waals surface area contributed by atoms with Crippen LogP contribution in [0.5, 0.6) is 0 Å². The van der Waals surface area contributed by atoms with Crippen LogP contribution >= 0.6 is 12.4 Å². The van der Waals surface area contributed by atoms with E-state index in [4.69, 9.17) is 4.74 Å². The van der Waals surface area contributed by atoms with E-state index in [0.717, 1.165) is 51.5 Å². The lowest BCUT2D eigenvalue weighted by Crippen LogP contribution is -2.49. The number of aromatic amines is 1. The number of likely N-dealkylation sites (tertiary alicyclic amines) is 1. The van der Waals surface area contributed by atoms with Gasteiger partial charge in [0.2, 0.25) is 0 Å². The Labute approximate surface area is 137 Å². The monoisotopic (exact) mass is 328 g/mol. The topological polar surface area (TPSA) is 60.6 Å². The highest BCUT2D eigenvalue weighted by atomic mass is 35.5. The highest BCUT2D eigenvalue weighted by Crippen LogP contribution is 2.18. The Balaban J connectivity index is 0.00000176. The molecule has 0 radical (unpaired) electrons. The van der Waals surface area contributed by atoms with Crippen molar-refractivity contribution in [2.45, 2.75) is 19.0 Å². The minimum atomic E-state index is -0.304. The molecule has 0 aliphatic carbocycles. The largest absolute Gasteiger partial charge is 0.464 e. The molecule has 1 aromatic rings. The lowest BCUT2D eigenvalue weighted by molar-refractivity contribution is 0.0594. The van der Waals surface area contributed by atoms with Gasteiger partial charge >= 0.3 is 5.97 Å². The molecule has 2 aliphatic rings. The van der Waals surface area contributed by atoms with Gasteiger partial charge in [-0.05, 0) is 18.6 Å². The Kier molecular flexibility index (Phi) is 6.26. The number of halogens is 1. The molecule has 1 unspecified atom stereocenters. The van der Waals surface area contributed by atoms with E-state index in [2.05, 4.69) is 20.1 Å². The Bertz CT molecular complexity index is 488. The molecule has 0 bridgehead atoms. The van der Waals surface area contributed by atoms with Gasteiger partial charge in [0.05, 0.1) is 7.11 Å². The van der Waals surface area contributed by atoms with Crippen LogP contribution in [0.25, 0.3) is 0 Å². The number of aromatic nitrogens is 1. The van der Waals surface area contributed by atoms with E-state index >= 15 is 0 Å². The molecule has 2 N–H and O–H groups in total. The lowest BCUT2D eigenvalue weighted by Gasteiger charge is -2.32. The molecule has 0 aromatic carbocycles. The normalized spacial score (nSPS) is 23.2. The predicted octanol–water partition coefficient (Wildman–Crippen LogP) is 0.703. The zero-order chi connectivity index (χ0) is 14.7. The molecular formula is C15H25ClN4O2. The van der Waals surface area contributed by atoms with Crippen molar-refractivity contribution in [3.63, 3.8) is 0 Å². The molecule has 6 nitrogen and oxygen atoms in total. The maximum atomic E-state index is 11.4. The zero-order valence-electron chi connectivity index (χ0n) is 13.0. The summed E-state index contributed by atoms with van der Waals surface area (Å²) in [6.45, 7) is 7.65. The van der Waals surface area contributed by atoms with Crippen molar-refractivity contribution in [1.29, 1.82) is 0 Å². The second-order valence-electron chi connectivity index (χ2n) is 5.85. The molecule has 2 fully saturated rings. The van der Waals surface area contributed by atoms with Gasteiger partial charge < -0.3 is 15.0 Å². The van der Waals surface area contributed by atoms with Crippen molar-refractivity contribution >= 4 is 18.4 Å². The van der Waals surface area contributed by atoms with Crippen LogP contribution in [0.3, 0.4) is 0 Å². The van der Waals surface area contributed by atoms with Crippen LogP contribution in [-0.2, 0) is 11.3 Å². The van der Waals surface area contributed by atoms with E-state index in [1.165, 1.54) is 13.5 Å². The first kappa shape index (κ1) is 17.3. The summed E-state index contributed by atoms with van der Waals surface area (Å²) in [5, 5.41) is 3.40. The Hall–Kier alpha value is -1.08. The maximum absolute atomic E-state index is 11.4. The summed E-state index contributed by atoms with van der Waals surface area (Å²) in [6.07, 6.45) is 1.24. The number of ether oxygens (including phenoxy) is 1. The minimum Gasteiger partial charge on any atom is -0.464 e. The molecule has 2 saturated heterocycles. The number of hydrogen-bond donors (Lipinski definition) is 2. The number of hydrogen-bond acceptors (Lipinski definition) is 5. The molecule has 1 atom stereocenters. The van der Waals surface area contributed by atoms with Crippen molar-refractivity contribution in [1.82, 2.24) is 20.1 Å². The quantitative estimate of drug-likeness (QED) is 0.797. The average molecular weight is 329 g/mol. The second kappa shape index (κ2) is 7.97. The van der Waals surface area contributed by atoms with E-state index in [9.17, 15) is 4.79 Å². The van der Waals surface area contributed by atoms with Crippen LogP contribution in [0, 0.1) is 0 Å². The van der Waals surface area contributed by atoms with E-state index in [0.29, 0.717) is 11.7 Å². The summed E-state index contributed by atoms with van der Waals surface area (Å²) in [4.78, 5) is 19.6. The number of esters is 1. The van der Waals surface area contributed by atoms with E-state index in [1.807, 2.05) is 6.07 Å². The van der Waals surface area contributed by atoms with Crippen LogP contribution in [-0.4, -0.2) is 73.2 Å². The van der Waals surface area contributed by atoms with E-state index in [-0.39, 0.29) is 18.4 Å². The van der Waals surface area contributed by atoms with E-state index < -0.39 is 0 Å². The third-order valence-corrected chi connectivity index (χ3v) is 4.46. The first-order valence-corrected chi connectivity index (χ1v) is 7.69. The van der Waals surface area contributed by atoms with Crippen molar-refractivity contribution in [3.05, 3.63) is 23.5 Å². The van der Waals surface area contributed by atoms with Crippen molar-refractivity contribution in [2.24, 2.45) is 0 Å². The summed E-state index contributed by atoms with van der Waals surface area (Å²) in [6, 6.07) is 4.46. The van der Waals surface area contributed by atoms with Gasteiger partial charge in [0.1, 0.15) is 5.69 Å². The summed E-state index contributed by atoms with van der Waals surface area (Å²) in [5.41, 5.74) is 1.61. The molecule has 3 heterocycles. The summed E-state index contributed by atoms with van der Waals surface area (Å²) in [7, 11) is 1.40. The molecule has 2 aliphatic heterocycles. The summed E-state index contributed by atoms with van der Waals surface area (Å²) < 4.78 is 4.72. The molecule has 0 spiro atoms. The Morgan fingerprint density at radius 3 is 2.82 bits per heavy atom. The standard InChI is InChI=1S/C15H24N4O2.ClH/c1-21-15(20)14-3-2-12(17-14)10-18-7-4-13(11-18)19-8-5-16-6-9-19;/h2-3,13,16-17H,4-11H2,1H3;1H. The molecule has 3 rings (SSSR count). The number of methoxy groups -OCH3 is 1. The van der Waals surface area contributed by atoms with Gasteiger partial charge in [-0.15, -0.1) is 12.4 Å². The number of H-pyrrole nitrogens is 1. The molecule has 1 aromatic heterocycles. The predicted molar refractivity (Wildman–Crippen MR) is 87.5 cm³/mol. The van der Waals surface area contributed by atoms with Crippen LogP contribution in [0.1, 0.15) is 22.6 Å². The Morgan fingerprint density at radius 1 is 1.32 bits per heavy atom. The van der Waals surface area contributed by atoms with Gasteiger partial charge in [-0.1, -0.05) is 0 Å². The van der Waals surface area contributed by atoms with E-state index in [1.54, 1.807) is 6.07 Å². The fraction of sp³-hybridized carbons (Fsp3) is 0.667. The number of carbonyl (C=O) groups excluding carboxylic acids is 1. The van der Waals surface area contributed by atoms with Crippen molar-refractivity contribution in [2.75, 3.05) is 46.4 Å². The van der Waals surface area contributed by atoms with Gasteiger partial charge in [-0.2, -0.15) is 0 Å². The first-order valence-electron chi connectivity index (χ1n) is 7.69. The lowest BCUT2D eigenvalue weighted by atomic mass is 10.2.